The van der Waals surface area contributed by atoms with Gasteiger partial charge in [0.1, 0.15) is 5.56 Å². The molecular weight excluding hydrogens is 256 g/mol. The third kappa shape index (κ3) is 2.16. The Morgan fingerprint density at radius 1 is 1.50 bits per heavy atom. The maximum absolute atomic E-state index is 12.2. The van der Waals surface area contributed by atoms with Gasteiger partial charge in [-0.3, -0.25) is 4.79 Å². The maximum Gasteiger partial charge on any atom is 0.256 e. The van der Waals surface area contributed by atoms with Crippen molar-refractivity contribution in [2.45, 2.75) is 38.7 Å². The molecule has 1 aliphatic rings. The lowest BCUT2D eigenvalue weighted by Crippen LogP contribution is -2.47. The quantitative estimate of drug-likeness (QED) is 0.874. The zero-order valence-corrected chi connectivity index (χ0v) is 11.7. The number of nitrogens with zero attached hydrogens (tertiary/aromatic N) is 3. The van der Waals surface area contributed by atoms with Crippen molar-refractivity contribution in [3.63, 3.8) is 0 Å². The number of amides is 1. The standard InChI is InChI=1S/C14H18N4O2/c1-9-6-10(2)18-12(17-9)11(7-16-18)13(19)15-8-14(20)4-3-5-14/h6-7,20H,3-5,8H2,1-2H3,(H,15,19). The van der Waals surface area contributed by atoms with Gasteiger partial charge < -0.3 is 10.4 Å². The summed E-state index contributed by atoms with van der Waals surface area (Å²) in [4.78, 5) is 16.6. The van der Waals surface area contributed by atoms with Gasteiger partial charge in [0, 0.05) is 17.9 Å². The Kier molecular flexibility index (Phi) is 2.97. The molecule has 1 aliphatic carbocycles. The molecule has 1 amide bonds. The molecule has 2 N–H and O–H groups in total. The number of fused-ring (bicyclic) bond motifs is 1. The van der Waals surface area contributed by atoms with Crippen LogP contribution >= 0.6 is 0 Å². The molecule has 6 heteroatoms. The fourth-order valence-electron chi connectivity index (χ4n) is 2.53. The fraction of sp³-hybridized carbons (Fsp3) is 0.500. The van der Waals surface area contributed by atoms with Crippen LogP contribution < -0.4 is 5.32 Å². The first-order valence-corrected chi connectivity index (χ1v) is 6.81. The molecule has 0 bridgehead atoms. The van der Waals surface area contributed by atoms with Crippen LogP contribution in [0.2, 0.25) is 0 Å². The first-order chi connectivity index (χ1) is 9.48. The molecule has 0 spiro atoms. The predicted octanol–water partition coefficient (Wildman–Crippen LogP) is 0.991. The van der Waals surface area contributed by atoms with E-state index in [9.17, 15) is 9.90 Å². The lowest BCUT2D eigenvalue weighted by molar-refractivity contribution is -0.0300. The van der Waals surface area contributed by atoms with Gasteiger partial charge in [-0.05, 0) is 39.2 Å². The molecule has 0 aromatic carbocycles. The summed E-state index contributed by atoms with van der Waals surface area (Å²) >= 11 is 0. The van der Waals surface area contributed by atoms with Crippen LogP contribution in [0.5, 0.6) is 0 Å². The largest absolute Gasteiger partial charge is 0.388 e. The minimum Gasteiger partial charge on any atom is -0.388 e. The summed E-state index contributed by atoms with van der Waals surface area (Å²) in [6, 6.07) is 1.92. The summed E-state index contributed by atoms with van der Waals surface area (Å²) in [7, 11) is 0. The first-order valence-electron chi connectivity index (χ1n) is 6.81. The number of aryl methyl sites for hydroxylation is 2. The summed E-state index contributed by atoms with van der Waals surface area (Å²) in [5, 5.41) is 17.0. The molecule has 0 unspecified atom stereocenters. The second kappa shape index (κ2) is 4.56. The van der Waals surface area contributed by atoms with E-state index < -0.39 is 5.60 Å². The topological polar surface area (TPSA) is 79.5 Å². The van der Waals surface area contributed by atoms with Crippen LogP contribution in [0, 0.1) is 13.8 Å². The van der Waals surface area contributed by atoms with Crippen molar-refractivity contribution in [2.75, 3.05) is 6.54 Å². The molecule has 6 nitrogen and oxygen atoms in total. The highest BCUT2D eigenvalue weighted by atomic mass is 16.3. The highest BCUT2D eigenvalue weighted by Crippen LogP contribution is 2.30. The van der Waals surface area contributed by atoms with Crippen LogP contribution in [0.3, 0.4) is 0 Å². The summed E-state index contributed by atoms with van der Waals surface area (Å²) in [6.07, 6.45) is 4.04. The lowest BCUT2D eigenvalue weighted by Gasteiger charge is -2.36. The summed E-state index contributed by atoms with van der Waals surface area (Å²) < 4.78 is 1.65. The SMILES string of the molecule is Cc1cc(C)n2ncc(C(=O)NCC3(O)CCC3)c2n1. The molecule has 20 heavy (non-hydrogen) atoms. The van der Waals surface area contributed by atoms with E-state index in [1.54, 1.807) is 4.52 Å². The van der Waals surface area contributed by atoms with E-state index in [0.29, 0.717) is 11.2 Å². The minimum absolute atomic E-state index is 0.238. The Hall–Kier alpha value is -1.95. The van der Waals surface area contributed by atoms with Gasteiger partial charge in [0.25, 0.3) is 5.91 Å². The zero-order valence-electron chi connectivity index (χ0n) is 11.7. The molecule has 0 saturated heterocycles. The van der Waals surface area contributed by atoms with E-state index >= 15 is 0 Å². The van der Waals surface area contributed by atoms with Crippen LogP contribution in [0.15, 0.2) is 12.3 Å². The second-order valence-corrected chi connectivity index (χ2v) is 5.59. The third-order valence-electron chi connectivity index (χ3n) is 3.88. The molecule has 0 aliphatic heterocycles. The van der Waals surface area contributed by atoms with E-state index in [2.05, 4.69) is 15.4 Å². The summed E-state index contributed by atoms with van der Waals surface area (Å²) in [5.74, 6) is -0.238. The van der Waals surface area contributed by atoms with Crippen molar-refractivity contribution >= 4 is 11.6 Å². The minimum atomic E-state index is -0.724. The molecule has 106 valence electrons. The summed E-state index contributed by atoms with van der Waals surface area (Å²) in [5.41, 5.74) is 2.06. The van der Waals surface area contributed by atoms with Gasteiger partial charge in [0.2, 0.25) is 0 Å². The van der Waals surface area contributed by atoms with Crippen molar-refractivity contribution in [1.29, 1.82) is 0 Å². The third-order valence-corrected chi connectivity index (χ3v) is 3.88. The number of rotatable bonds is 3. The van der Waals surface area contributed by atoms with Crippen LogP contribution in [0.25, 0.3) is 5.65 Å². The molecule has 0 radical (unpaired) electrons. The van der Waals surface area contributed by atoms with E-state index in [1.807, 2.05) is 19.9 Å². The number of hydrogen-bond donors (Lipinski definition) is 2. The lowest BCUT2D eigenvalue weighted by atomic mass is 9.80. The average molecular weight is 274 g/mol. The van der Waals surface area contributed by atoms with E-state index in [-0.39, 0.29) is 12.5 Å². The van der Waals surface area contributed by atoms with Crippen LogP contribution in [0.4, 0.5) is 0 Å². The van der Waals surface area contributed by atoms with Gasteiger partial charge in [-0.1, -0.05) is 0 Å². The molecule has 2 aromatic heterocycles. The number of carbonyl (C=O) groups excluding carboxylic acids is 1. The number of aromatic nitrogens is 3. The highest BCUT2D eigenvalue weighted by molar-refractivity contribution is 5.99. The Morgan fingerprint density at radius 2 is 2.25 bits per heavy atom. The average Bonchev–Trinajstić information content (AvgIpc) is 2.77. The predicted molar refractivity (Wildman–Crippen MR) is 73.6 cm³/mol. The number of hydrogen-bond acceptors (Lipinski definition) is 4. The Balaban J connectivity index is 1.84. The molecule has 0 atom stereocenters. The molecule has 1 fully saturated rings. The van der Waals surface area contributed by atoms with Crippen molar-refractivity contribution in [2.24, 2.45) is 0 Å². The maximum atomic E-state index is 12.2. The highest BCUT2D eigenvalue weighted by Gasteiger charge is 2.34. The zero-order chi connectivity index (χ0) is 14.3. The van der Waals surface area contributed by atoms with Gasteiger partial charge in [-0.15, -0.1) is 0 Å². The van der Waals surface area contributed by atoms with Crippen molar-refractivity contribution < 1.29 is 9.90 Å². The Labute approximate surface area is 116 Å². The van der Waals surface area contributed by atoms with Gasteiger partial charge in [0.15, 0.2) is 5.65 Å². The number of aliphatic hydroxyl groups is 1. The van der Waals surface area contributed by atoms with E-state index in [0.717, 1.165) is 30.7 Å². The molecule has 2 heterocycles. The second-order valence-electron chi connectivity index (χ2n) is 5.59. The number of carbonyl (C=O) groups is 1. The molecule has 3 rings (SSSR count). The first kappa shape index (κ1) is 13.1. The number of nitrogens with one attached hydrogen (secondary N) is 1. The van der Waals surface area contributed by atoms with Gasteiger partial charge in [0.05, 0.1) is 11.8 Å². The van der Waals surface area contributed by atoms with Gasteiger partial charge in [-0.25, -0.2) is 9.50 Å². The van der Waals surface area contributed by atoms with Crippen LogP contribution in [-0.4, -0.2) is 37.8 Å². The molecule has 1 saturated carbocycles. The van der Waals surface area contributed by atoms with Crippen LogP contribution in [-0.2, 0) is 0 Å². The fourth-order valence-corrected chi connectivity index (χ4v) is 2.53. The Bertz CT molecular complexity index is 673. The smallest absolute Gasteiger partial charge is 0.256 e. The normalized spacial score (nSPS) is 16.9. The van der Waals surface area contributed by atoms with E-state index in [1.165, 1.54) is 6.20 Å². The van der Waals surface area contributed by atoms with Gasteiger partial charge >= 0.3 is 0 Å². The molecule has 2 aromatic rings. The van der Waals surface area contributed by atoms with Crippen molar-refractivity contribution in [3.05, 3.63) is 29.2 Å². The Morgan fingerprint density at radius 3 is 2.90 bits per heavy atom. The van der Waals surface area contributed by atoms with Crippen molar-refractivity contribution in [1.82, 2.24) is 19.9 Å². The van der Waals surface area contributed by atoms with Gasteiger partial charge in [-0.2, -0.15) is 5.10 Å². The van der Waals surface area contributed by atoms with E-state index in [4.69, 9.17) is 0 Å². The van der Waals surface area contributed by atoms with Crippen molar-refractivity contribution in [3.8, 4) is 0 Å². The molecular formula is C14H18N4O2. The summed E-state index contributed by atoms with van der Waals surface area (Å²) in [6.45, 7) is 4.10. The van der Waals surface area contributed by atoms with Crippen LogP contribution in [0.1, 0.15) is 41.0 Å². The monoisotopic (exact) mass is 274 g/mol.